The largest absolute Gasteiger partial charge is 0.481 e. The van der Waals surface area contributed by atoms with Gasteiger partial charge in [-0.25, -0.2) is 0 Å². The van der Waals surface area contributed by atoms with E-state index >= 15 is 0 Å². The molecule has 0 amide bonds. The molecule has 3 atom stereocenters. The fourth-order valence-corrected chi connectivity index (χ4v) is 5.96. The summed E-state index contributed by atoms with van der Waals surface area (Å²) in [5.41, 5.74) is 11.8. The Morgan fingerprint density at radius 1 is 1.00 bits per heavy atom. The zero-order chi connectivity index (χ0) is 17.5. The number of carboxylic acids is 1. The normalized spacial score (nSPS) is 37.9. The van der Waals surface area contributed by atoms with Gasteiger partial charge in [0.05, 0.1) is 18.6 Å². The van der Waals surface area contributed by atoms with E-state index in [4.69, 9.17) is 16.6 Å². The third kappa shape index (κ3) is 3.81. The summed E-state index contributed by atoms with van der Waals surface area (Å²) < 4.78 is 0. The van der Waals surface area contributed by atoms with Crippen molar-refractivity contribution in [1.29, 1.82) is 0 Å². The first kappa shape index (κ1) is 17.8. The number of carbonyl (C=O) groups excluding carboxylic acids is 1. The molecule has 0 aliphatic heterocycles. The highest BCUT2D eigenvalue weighted by molar-refractivity contribution is 5.88. The fraction of sp³-hybridized carbons (Fsp3) is 0.889. The predicted molar refractivity (Wildman–Crippen MR) is 89.1 cm³/mol. The molecule has 0 aromatic rings. The van der Waals surface area contributed by atoms with E-state index in [1.165, 1.54) is 38.5 Å². The molecule has 0 heterocycles. The van der Waals surface area contributed by atoms with E-state index in [0.29, 0.717) is 6.42 Å². The van der Waals surface area contributed by atoms with E-state index in [1.807, 2.05) is 0 Å². The number of aliphatic hydroxyl groups excluding tert-OH is 1. The van der Waals surface area contributed by atoms with Crippen molar-refractivity contribution in [1.82, 2.24) is 0 Å². The van der Waals surface area contributed by atoms with Gasteiger partial charge in [-0.3, -0.25) is 9.59 Å². The molecule has 4 aliphatic carbocycles. The van der Waals surface area contributed by atoms with Gasteiger partial charge in [0.2, 0.25) is 0 Å². The molecule has 6 N–H and O–H groups in total. The first-order valence-electron chi connectivity index (χ1n) is 9.20. The second-order valence-electron chi connectivity index (χ2n) is 8.73. The summed E-state index contributed by atoms with van der Waals surface area (Å²) in [5.74, 6) is 0.953. The number of aliphatic carboxylic acids is 1. The molecule has 0 aromatic carbocycles. The third-order valence-electron chi connectivity index (χ3n) is 6.55. The van der Waals surface area contributed by atoms with Gasteiger partial charge >= 0.3 is 5.97 Å². The Balaban J connectivity index is 1.54. The van der Waals surface area contributed by atoms with E-state index < -0.39 is 30.6 Å². The van der Waals surface area contributed by atoms with Crippen molar-refractivity contribution in [2.75, 3.05) is 0 Å². The summed E-state index contributed by atoms with van der Waals surface area (Å²) in [7, 11) is 0. The number of carbonyl (C=O) groups is 2. The van der Waals surface area contributed by atoms with Gasteiger partial charge in [-0.15, -0.1) is 0 Å². The monoisotopic (exact) mass is 338 g/mol. The van der Waals surface area contributed by atoms with E-state index in [-0.39, 0.29) is 17.6 Å². The van der Waals surface area contributed by atoms with Gasteiger partial charge in [-0.05, 0) is 68.1 Å². The lowest BCUT2D eigenvalue weighted by Gasteiger charge is -2.57. The lowest BCUT2D eigenvalue weighted by molar-refractivity contribution is -0.139. The molecule has 4 aliphatic rings. The number of nitrogens with two attached hydrogens (primary N) is 2. The lowest BCUT2D eigenvalue weighted by atomic mass is 9.48. The molecule has 6 heteroatoms. The van der Waals surface area contributed by atoms with Crippen molar-refractivity contribution in [3.8, 4) is 0 Å². The molecular weight excluding hydrogens is 308 g/mol. The number of hydrogen-bond acceptors (Lipinski definition) is 5. The molecule has 24 heavy (non-hydrogen) atoms. The maximum absolute atomic E-state index is 12.0. The van der Waals surface area contributed by atoms with Gasteiger partial charge in [-0.2, -0.15) is 0 Å². The summed E-state index contributed by atoms with van der Waals surface area (Å²) in [5, 5.41) is 19.3. The molecule has 0 spiro atoms. The maximum atomic E-state index is 12.0. The van der Waals surface area contributed by atoms with Crippen LogP contribution in [0.1, 0.15) is 57.8 Å². The highest BCUT2D eigenvalue weighted by atomic mass is 16.4. The van der Waals surface area contributed by atoms with E-state index in [2.05, 4.69) is 0 Å². The van der Waals surface area contributed by atoms with Crippen LogP contribution >= 0.6 is 0 Å². The fourth-order valence-electron chi connectivity index (χ4n) is 5.96. The van der Waals surface area contributed by atoms with Crippen LogP contribution in [-0.2, 0) is 9.59 Å². The van der Waals surface area contributed by atoms with Crippen LogP contribution in [0.25, 0.3) is 0 Å². The molecule has 4 rings (SSSR count). The van der Waals surface area contributed by atoms with Crippen LogP contribution < -0.4 is 11.5 Å². The van der Waals surface area contributed by atoms with Crippen LogP contribution in [0.5, 0.6) is 0 Å². The van der Waals surface area contributed by atoms with Crippen LogP contribution in [0.2, 0.25) is 0 Å². The lowest BCUT2D eigenvalue weighted by Crippen LogP contribution is -2.50. The molecule has 136 valence electrons. The molecule has 6 nitrogen and oxygen atoms in total. The molecule has 4 fully saturated rings. The summed E-state index contributed by atoms with van der Waals surface area (Å²) >= 11 is 0. The number of Topliss-reactive ketones (excluding diaryl/α,β-unsaturated/α-hetero) is 1. The van der Waals surface area contributed by atoms with Gasteiger partial charge in [0.1, 0.15) is 0 Å². The highest BCUT2D eigenvalue weighted by Crippen LogP contribution is 2.61. The standard InChI is InChI=1S/C18H30N2O4/c19-13(4-15(21)14(20)5-17(23)24)16(22)9-18-6-10-1-11(7-18)3-12(2-10)8-18/h10-14,16,22H,1-9,19-20H2,(H,23,24)/t10?,11?,12?,13?,14-,16?,18?/m0/s1. The van der Waals surface area contributed by atoms with E-state index in [1.54, 1.807) is 0 Å². The quantitative estimate of drug-likeness (QED) is 0.524. The van der Waals surface area contributed by atoms with E-state index in [9.17, 15) is 14.7 Å². The Labute approximate surface area is 143 Å². The molecule has 2 unspecified atom stereocenters. The Morgan fingerprint density at radius 2 is 1.50 bits per heavy atom. The van der Waals surface area contributed by atoms with Crippen molar-refractivity contribution in [2.45, 2.75) is 76.0 Å². The summed E-state index contributed by atoms with van der Waals surface area (Å²) in [4.78, 5) is 22.6. The summed E-state index contributed by atoms with van der Waals surface area (Å²) in [6, 6.07) is -1.70. The number of ketones is 1. The SMILES string of the molecule is NC(CC(=O)[C@@H](N)CC(=O)O)C(O)CC12CC3CC(CC(C3)C1)C2. The highest BCUT2D eigenvalue weighted by Gasteiger charge is 2.51. The molecule has 0 saturated heterocycles. The Morgan fingerprint density at radius 3 is 1.96 bits per heavy atom. The minimum atomic E-state index is -1.10. The topological polar surface area (TPSA) is 127 Å². The average molecular weight is 338 g/mol. The molecular formula is C18H30N2O4. The molecule has 0 aromatic heterocycles. The first-order valence-corrected chi connectivity index (χ1v) is 9.20. The number of rotatable bonds is 8. The molecule has 0 radical (unpaired) electrons. The predicted octanol–water partition coefficient (Wildman–Crippen LogP) is 1.04. The van der Waals surface area contributed by atoms with Crippen LogP contribution in [0.4, 0.5) is 0 Å². The second-order valence-corrected chi connectivity index (χ2v) is 8.73. The number of aliphatic hydroxyl groups is 1. The zero-order valence-electron chi connectivity index (χ0n) is 14.2. The number of hydrogen-bond donors (Lipinski definition) is 4. The first-order chi connectivity index (χ1) is 11.3. The van der Waals surface area contributed by atoms with Crippen LogP contribution in [0.3, 0.4) is 0 Å². The minimum Gasteiger partial charge on any atom is -0.481 e. The van der Waals surface area contributed by atoms with Crippen molar-refractivity contribution >= 4 is 11.8 Å². The summed E-state index contributed by atoms with van der Waals surface area (Å²) in [6.45, 7) is 0. The Bertz CT molecular complexity index is 472. The summed E-state index contributed by atoms with van der Waals surface area (Å²) in [6.07, 6.45) is 7.12. The smallest absolute Gasteiger partial charge is 0.305 e. The van der Waals surface area contributed by atoms with Crippen LogP contribution in [0, 0.1) is 23.2 Å². The van der Waals surface area contributed by atoms with E-state index in [0.717, 1.165) is 17.8 Å². The van der Waals surface area contributed by atoms with Crippen LogP contribution in [-0.4, -0.2) is 40.2 Å². The van der Waals surface area contributed by atoms with Gasteiger partial charge in [0.15, 0.2) is 5.78 Å². The van der Waals surface area contributed by atoms with Gasteiger partial charge in [0, 0.05) is 12.5 Å². The van der Waals surface area contributed by atoms with Crippen molar-refractivity contribution in [3.63, 3.8) is 0 Å². The van der Waals surface area contributed by atoms with Crippen molar-refractivity contribution < 1.29 is 19.8 Å². The van der Waals surface area contributed by atoms with Gasteiger partial charge in [-0.1, -0.05) is 0 Å². The average Bonchev–Trinajstić information content (AvgIpc) is 2.44. The van der Waals surface area contributed by atoms with Gasteiger partial charge < -0.3 is 21.7 Å². The Hall–Kier alpha value is -0.980. The van der Waals surface area contributed by atoms with Crippen LogP contribution in [0.15, 0.2) is 0 Å². The maximum Gasteiger partial charge on any atom is 0.305 e. The number of carboxylic acid groups (broad SMARTS) is 1. The third-order valence-corrected chi connectivity index (χ3v) is 6.55. The van der Waals surface area contributed by atoms with Gasteiger partial charge in [0.25, 0.3) is 0 Å². The molecule has 4 bridgehead atoms. The second kappa shape index (κ2) is 6.73. The minimum absolute atomic E-state index is 0.0536. The Kier molecular flexibility index (Phi) is 5.00. The molecule has 4 saturated carbocycles. The van der Waals surface area contributed by atoms with Crippen molar-refractivity contribution in [3.05, 3.63) is 0 Å². The van der Waals surface area contributed by atoms with Crippen molar-refractivity contribution in [2.24, 2.45) is 34.6 Å². The zero-order valence-corrected chi connectivity index (χ0v) is 14.2.